The zero-order chi connectivity index (χ0) is 11.9. The zero-order valence-corrected chi connectivity index (χ0v) is 9.79. The summed E-state index contributed by atoms with van der Waals surface area (Å²) < 4.78 is 39.0. The molecule has 16 heavy (non-hydrogen) atoms. The molecule has 0 aromatic carbocycles. The Morgan fingerprint density at radius 1 is 0.875 bits per heavy atom. The van der Waals surface area contributed by atoms with E-state index in [2.05, 4.69) is 5.32 Å². The molecule has 1 nitrogen and oxygen atoms in total. The van der Waals surface area contributed by atoms with Crippen molar-refractivity contribution in [3.05, 3.63) is 0 Å². The van der Waals surface area contributed by atoms with E-state index in [9.17, 15) is 13.2 Å². The molecule has 0 saturated heterocycles. The lowest BCUT2D eigenvalue weighted by Crippen LogP contribution is -2.58. The fourth-order valence-electron chi connectivity index (χ4n) is 3.51. The van der Waals surface area contributed by atoms with Crippen molar-refractivity contribution in [3.8, 4) is 0 Å². The molecule has 0 aromatic rings. The molecule has 0 aromatic heterocycles. The van der Waals surface area contributed by atoms with Gasteiger partial charge in [0.15, 0.2) is 0 Å². The number of rotatable bonds is 1. The first-order valence-corrected chi connectivity index (χ1v) is 6.19. The smallest absolute Gasteiger partial charge is 0.307 e. The van der Waals surface area contributed by atoms with Crippen LogP contribution in [0.5, 0.6) is 0 Å². The van der Waals surface area contributed by atoms with E-state index in [-0.39, 0.29) is 18.3 Å². The number of hydrogen-bond donors (Lipinski definition) is 1. The maximum atomic E-state index is 13.0. The second-order valence-electron chi connectivity index (χ2n) is 5.54. The summed E-state index contributed by atoms with van der Waals surface area (Å²) in [6.45, 7) is 0. The van der Waals surface area contributed by atoms with Crippen LogP contribution in [0.1, 0.15) is 51.4 Å². The predicted molar refractivity (Wildman–Crippen MR) is 57.2 cm³/mol. The standard InChI is InChI=1S/C12H20F3N/c1-16-11(12(13,14)15)8-6-10(7-9-11)4-2-3-5-10/h16H,2-9H2,1H3. The van der Waals surface area contributed by atoms with Gasteiger partial charge >= 0.3 is 6.18 Å². The van der Waals surface area contributed by atoms with Crippen molar-refractivity contribution in [3.63, 3.8) is 0 Å². The molecule has 0 bridgehead atoms. The van der Waals surface area contributed by atoms with Crippen LogP contribution in [0.15, 0.2) is 0 Å². The van der Waals surface area contributed by atoms with Crippen LogP contribution in [-0.2, 0) is 0 Å². The molecule has 2 rings (SSSR count). The molecule has 1 spiro atoms. The zero-order valence-electron chi connectivity index (χ0n) is 9.79. The average Bonchev–Trinajstić information content (AvgIpc) is 2.67. The van der Waals surface area contributed by atoms with Crippen molar-refractivity contribution in [2.45, 2.75) is 63.1 Å². The summed E-state index contributed by atoms with van der Waals surface area (Å²) in [6, 6.07) is 0. The van der Waals surface area contributed by atoms with E-state index in [4.69, 9.17) is 0 Å². The fraction of sp³-hybridized carbons (Fsp3) is 1.00. The topological polar surface area (TPSA) is 12.0 Å². The van der Waals surface area contributed by atoms with Crippen LogP contribution in [0, 0.1) is 5.41 Å². The van der Waals surface area contributed by atoms with Gasteiger partial charge in [-0.25, -0.2) is 0 Å². The van der Waals surface area contributed by atoms with Gasteiger partial charge in [0.25, 0.3) is 0 Å². The molecule has 4 heteroatoms. The average molecular weight is 235 g/mol. The van der Waals surface area contributed by atoms with E-state index < -0.39 is 11.7 Å². The molecule has 2 saturated carbocycles. The van der Waals surface area contributed by atoms with E-state index in [1.54, 1.807) is 0 Å². The Morgan fingerprint density at radius 2 is 1.38 bits per heavy atom. The summed E-state index contributed by atoms with van der Waals surface area (Å²) in [7, 11) is 1.44. The van der Waals surface area contributed by atoms with Crippen LogP contribution in [0.4, 0.5) is 13.2 Å². The van der Waals surface area contributed by atoms with E-state index in [0.717, 1.165) is 25.7 Å². The minimum absolute atomic E-state index is 0.256. The highest BCUT2D eigenvalue weighted by molar-refractivity contribution is 5.02. The van der Waals surface area contributed by atoms with Gasteiger partial charge in [-0.15, -0.1) is 0 Å². The van der Waals surface area contributed by atoms with Gasteiger partial charge in [-0.05, 0) is 51.0 Å². The number of hydrogen-bond acceptors (Lipinski definition) is 1. The second-order valence-corrected chi connectivity index (χ2v) is 5.54. The molecular formula is C12H20F3N. The first-order valence-electron chi connectivity index (χ1n) is 6.19. The molecule has 0 unspecified atom stereocenters. The van der Waals surface area contributed by atoms with Gasteiger partial charge in [-0.2, -0.15) is 13.2 Å². The van der Waals surface area contributed by atoms with Crippen molar-refractivity contribution in [1.82, 2.24) is 5.32 Å². The van der Waals surface area contributed by atoms with Crippen molar-refractivity contribution < 1.29 is 13.2 Å². The first-order chi connectivity index (χ1) is 7.43. The van der Waals surface area contributed by atoms with Crippen LogP contribution in [-0.4, -0.2) is 18.8 Å². The van der Waals surface area contributed by atoms with Crippen LogP contribution < -0.4 is 5.32 Å². The maximum Gasteiger partial charge on any atom is 0.406 e. The van der Waals surface area contributed by atoms with Crippen LogP contribution in [0.3, 0.4) is 0 Å². The third-order valence-electron chi connectivity index (χ3n) is 4.85. The molecule has 0 amide bonds. The molecule has 0 radical (unpaired) electrons. The Hall–Kier alpha value is -0.250. The van der Waals surface area contributed by atoms with Crippen LogP contribution in [0.2, 0.25) is 0 Å². The van der Waals surface area contributed by atoms with Gasteiger partial charge in [0, 0.05) is 0 Å². The Bertz CT molecular complexity index is 243. The highest BCUT2D eigenvalue weighted by Crippen LogP contribution is 2.54. The highest BCUT2D eigenvalue weighted by atomic mass is 19.4. The predicted octanol–water partition coefficient (Wildman–Crippen LogP) is 3.64. The highest BCUT2D eigenvalue weighted by Gasteiger charge is 2.57. The molecule has 2 fully saturated rings. The quantitative estimate of drug-likeness (QED) is 0.731. The molecule has 1 N–H and O–H groups in total. The molecule has 2 aliphatic carbocycles. The third-order valence-corrected chi connectivity index (χ3v) is 4.85. The molecular weight excluding hydrogens is 215 g/mol. The van der Waals surface area contributed by atoms with Gasteiger partial charge in [0.1, 0.15) is 5.54 Å². The van der Waals surface area contributed by atoms with Crippen molar-refractivity contribution in [2.24, 2.45) is 5.41 Å². The minimum Gasteiger partial charge on any atom is -0.307 e. The second kappa shape index (κ2) is 3.90. The lowest BCUT2D eigenvalue weighted by atomic mass is 9.66. The first kappa shape index (κ1) is 12.2. The summed E-state index contributed by atoms with van der Waals surface area (Å²) >= 11 is 0. The largest absolute Gasteiger partial charge is 0.406 e. The Balaban J connectivity index is 2.07. The Kier molecular flexibility index (Phi) is 2.97. The maximum absolute atomic E-state index is 13.0. The summed E-state index contributed by atoms with van der Waals surface area (Å²) in [5.41, 5.74) is -1.35. The van der Waals surface area contributed by atoms with Crippen molar-refractivity contribution >= 4 is 0 Å². The molecule has 0 heterocycles. The lowest BCUT2D eigenvalue weighted by Gasteiger charge is -2.45. The van der Waals surface area contributed by atoms with E-state index in [1.165, 1.54) is 19.9 Å². The van der Waals surface area contributed by atoms with E-state index >= 15 is 0 Å². The number of nitrogens with one attached hydrogen (secondary N) is 1. The SMILES string of the molecule is CNC1(C(F)(F)F)CCC2(CCCC2)CC1. The van der Waals surface area contributed by atoms with Crippen molar-refractivity contribution in [1.29, 1.82) is 0 Å². The molecule has 0 aliphatic heterocycles. The summed E-state index contributed by atoms with van der Waals surface area (Å²) in [6.07, 6.45) is 2.59. The Labute approximate surface area is 94.8 Å². The van der Waals surface area contributed by atoms with Crippen LogP contribution in [0.25, 0.3) is 0 Å². The third kappa shape index (κ3) is 1.85. The number of halogens is 3. The normalized spacial score (nSPS) is 28.5. The molecule has 2 aliphatic rings. The summed E-state index contributed by atoms with van der Waals surface area (Å²) in [5.74, 6) is 0. The summed E-state index contributed by atoms with van der Waals surface area (Å²) in [4.78, 5) is 0. The summed E-state index contributed by atoms with van der Waals surface area (Å²) in [5, 5.41) is 2.54. The van der Waals surface area contributed by atoms with Gasteiger partial charge in [-0.3, -0.25) is 0 Å². The van der Waals surface area contributed by atoms with E-state index in [0.29, 0.717) is 0 Å². The van der Waals surface area contributed by atoms with Gasteiger partial charge in [0.2, 0.25) is 0 Å². The lowest BCUT2D eigenvalue weighted by molar-refractivity contribution is -0.209. The molecule has 0 atom stereocenters. The van der Waals surface area contributed by atoms with Crippen molar-refractivity contribution in [2.75, 3.05) is 7.05 Å². The molecule has 94 valence electrons. The minimum atomic E-state index is -4.11. The van der Waals surface area contributed by atoms with Crippen LogP contribution >= 0.6 is 0 Å². The van der Waals surface area contributed by atoms with Gasteiger partial charge in [-0.1, -0.05) is 12.8 Å². The van der Waals surface area contributed by atoms with E-state index in [1.807, 2.05) is 0 Å². The Morgan fingerprint density at radius 3 is 1.75 bits per heavy atom. The monoisotopic (exact) mass is 235 g/mol. The van der Waals surface area contributed by atoms with Gasteiger partial charge in [0.05, 0.1) is 0 Å². The number of alkyl halides is 3. The van der Waals surface area contributed by atoms with Gasteiger partial charge < -0.3 is 5.32 Å². The fourth-order valence-corrected chi connectivity index (χ4v) is 3.51.